The third-order valence-corrected chi connectivity index (χ3v) is 3.40. The summed E-state index contributed by atoms with van der Waals surface area (Å²) in [4.78, 5) is 23.3. The van der Waals surface area contributed by atoms with Gasteiger partial charge in [0.15, 0.2) is 0 Å². The van der Waals surface area contributed by atoms with Gasteiger partial charge in [-0.25, -0.2) is 4.79 Å². The SMILES string of the molecule is CCCCC(NC(=O)c1cccn1C1CC1)C(=O)O. The molecule has 1 aliphatic carbocycles. The van der Waals surface area contributed by atoms with Crippen molar-refractivity contribution in [3.63, 3.8) is 0 Å². The van der Waals surface area contributed by atoms with Crippen LogP contribution < -0.4 is 5.32 Å². The van der Waals surface area contributed by atoms with Crippen molar-refractivity contribution in [3.8, 4) is 0 Å². The minimum Gasteiger partial charge on any atom is -0.480 e. The van der Waals surface area contributed by atoms with Crippen LogP contribution in [0.2, 0.25) is 0 Å². The van der Waals surface area contributed by atoms with Crippen LogP contribution in [-0.2, 0) is 4.79 Å². The third-order valence-electron chi connectivity index (χ3n) is 3.40. The van der Waals surface area contributed by atoms with Gasteiger partial charge in [0.25, 0.3) is 5.91 Å². The second-order valence-corrected chi connectivity index (χ2v) is 5.04. The zero-order chi connectivity index (χ0) is 13.8. The van der Waals surface area contributed by atoms with Gasteiger partial charge in [0, 0.05) is 12.2 Å². The molecule has 0 aliphatic heterocycles. The van der Waals surface area contributed by atoms with Crippen molar-refractivity contribution in [2.24, 2.45) is 0 Å². The van der Waals surface area contributed by atoms with Crippen LogP contribution in [0.4, 0.5) is 0 Å². The van der Waals surface area contributed by atoms with E-state index in [2.05, 4.69) is 5.32 Å². The number of carbonyl (C=O) groups is 2. The predicted octanol–water partition coefficient (Wildman–Crippen LogP) is 2.20. The number of carboxylic acids is 1. The molecule has 1 heterocycles. The summed E-state index contributed by atoms with van der Waals surface area (Å²) >= 11 is 0. The lowest BCUT2D eigenvalue weighted by molar-refractivity contribution is -0.139. The number of aromatic nitrogens is 1. The molecular weight excluding hydrogens is 244 g/mol. The van der Waals surface area contributed by atoms with Gasteiger partial charge in [-0.3, -0.25) is 4.79 Å². The van der Waals surface area contributed by atoms with Crippen molar-refractivity contribution < 1.29 is 14.7 Å². The van der Waals surface area contributed by atoms with Gasteiger partial charge in [0.2, 0.25) is 0 Å². The Labute approximate surface area is 112 Å². The maximum absolute atomic E-state index is 12.1. The fraction of sp³-hybridized carbons (Fsp3) is 0.571. The number of carboxylic acid groups (broad SMARTS) is 1. The molecule has 1 aromatic rings. The van der Waals surface area contributed by atoms with E-state index >= 15 is 0 Å². The summed E-state index contributed by atoms with van der Waals surface area (Å²) in [6.45, 7) is 2.00. The number of nitrogens with zero attached hydrogens (tertiary/aromatic N) is 1. The topological polar surface area (TPSA) is 71.3 Å². The van der Waals surface area contributed by atoms with Crippen molar-refractivity contribution in [1.82, 2.24) is 9.88 Å². The Hall–Kier alpha value is -1.78. The van der Waals surface area contributed by atoms with Crippen LogP contribution in [0.15, 0.2) is 18.3 Å². The lowest BCUT2D eigenvalue weighted by Gasteiger charge is -2.15. The Kier molecular flexibility index (Phi) is 4.24. The van der Waals surface area contributed by atoms with E-state index in [-0.39, 0.29) is 5.91 Å². The molecule has 1 aromatic heterocycles. The van der Waals surface area contributed by atoms with Crippen molar-refractivity contribution in [2.75, 3.05) is 0 Å². The van der Waals surface area contributed by atoms with Crippen LogP contribution in [0.3, 0.4) is 0 Å². The highest BCUT2D eigenvalue weighted by atomic mass is 16.4. The lowest BCUT2D eigenvalue weighted by atomic mass is 10.1. The maximum atomic E-state index is 12.1. The highest BCUT2D eigenvalue weighted by Gasteiger charge is 2.28. The smallest absolute Gasteiger partial charge is 0.326 e. The first-order valence-electron chi connectivity index (χ1n) is 6.84. The Balaban J connectivity index is 2.01. The third kappa shape index (κ3) is 3.36. The predicted molar refractivity (Wildman–Crippen MR) is 71.1 cm³/mol. The molecule has 0 radical (unpaired) electrons. The number of hydrogen-bond acceptors (Lipinski definition) is 2. The highest BCUT2D eigenvalue weighted by molar-refractivity contribution is 5.95. The summed E-state index contributed by atoms with van der Waals surface area (Å²) in [6, 6.07) is 3.19. The lowest BCUT2D eigenvalue weighted by Crippen LogP contribution is -2.41. The summed E-state index contributed by atoms with van der Waals surface area (Å²) in [6.07, 6.45) is 6.25. The number of carbonyl (C=O) groups excluding carboxylic acids is 1. The second-order valence-electron chi connectivity index (χ2n) is 5.04. The number of aliphatic carboxylic acids is 1. The summed E-state index contributed by atoms with van der Waals surface area (Å²) in [7, 11) is 0. The number of nitrogens with one attached hydrogen (secondary N) is 1. The van der Waals surface area contributed by atoms with Gasteiger partial charge in [0.1, 0.15) is 11.7 Å². The molecule has 5 nitrogen and oxygen atoms in total. The normalized spacial score (nSPS) is 16.1. The van der Waals surface area contributed by atoms with E-state index in [9.17, 15) is 9.59 Å². The fourth-order valence-corrected chi connectivity index (χ4v) is 2.16. The van der Waals surface area contributed by atoms with Crippen molar-refractivity contribution >= 4 is 11.9 Å². The van der Waals surface area contributed by atoms with Gasteiger partial charge < -0.3 is 15.0 Å². The van der Waals surface area contributed by atoms with Crippen molar-refractivity contribution in [2.45, 2.75) is 51.1 Å². The summed E-state index contributed by atoms with van der Waals surface area (Å²) in [5.74, 6) is -1.26. The van der Waals surface area contributed by atoms with Crippen LogP contribution in [0.5, 0.6) is 0 Å². The average molecular weight is 264 g/mol. The molecule has 5 heteroatoms. The molecule has 0 bridgehead atoms. The van der Waals surface area contributed by atoms with Crippen molar-refractivity contribution in [1.29, 1.82) is 0 Å². The Morgan fingerprint density at radius 3 is 2.84 bits per heavy atom. The molecular formula is C14H20N2O3. The minimum atomic E-state index is -0.966. The van der Waals surface area contributed by atoms with Crippen LogP contribution in [0.1, 0.15) is 55.6 Å². The highest BCUT2D eigenvalue weighted by Crippen LogP contribution is 2.35. The average Bonchev–Trinajstić information content (AvgIpc) is 3.11. The largest absolute Gasteiger partial charge is 0.480 e. The van der Waals surface area contributed by atoms with E-state index in [4.69, 9.17) is 5.11 Å². The Bertz CT molecular complexity index is 463. The Morgan fingerprint density at radius 1 is 1.53 bits per heavy atom. The first-order chi connectivity index (χ1) is 9.13. The number of unbranched alkanes of at least 4 members (excludes halogenated alkanes) is 1. The van der Waals surface area contributed by atoms with Crippen LogP contribution in [0, 0.1) is 0 Å². The number of amides is 1. The van der Waals surface area contributed by atoms with Gasteiger partial charge in [-0.2, -0.15) is 0 Å². The van der Waals surface area contributed by atoms with E-state index in [1.807, 2.05) is 23.8 Å². The van der Waals surface area contributed by atoms with E-state index in [0.29, 0.717) is 18.2 Å². The van der Waals surface area contributed by atoms with Gasteiger partial charge in [0.05, 0.1) is 0 Å². The zero-order valence-corrected chi connectivity index (χ0v) is 11.1. The van der Waals surface area contributed by atoms with E-state index < -0.39 is 12.0 Å². The molecule has 19 heavy (non-hydrogen) atoms. The van der Waals surface area contributed by atoms with E-state index in [1.54, 1.807) is 6.07 Å². The fourth-order valence-electron chi connectivity index (χ4n) is 2.16. The molecule has 104 valence electrons. The van der Waals surface area contributed by atoms with E-state index in [0.717, 1.165) is 25.7 Å². The zero-order valence-electron chi connectivity index (χ0n) is 11.1. The molecule has 1 saturated carbocycles. The Morgan fingerprint density at radius 2 is 2.26 bits per heavy atom. The van der Waals surface area contributed by atoms with E-state index in [1.165, 1.54) is 0 Å². The standard InChI is InChI=1S/C14H20N2O3/c1-2-3-5-11(14(18)19)15-13(17)12-6-4-9-16(12)10-7-8-10/h4,6,9-11H,2-3,5,7-8H2,1H3,(H,15,17)(H,18,19). The van der Waals surface area contributed by atoms with Crippen LogP contribution in [-0.4, -0.2) is 27.6 Å². The first-order valence-corrected chi connectivity index (χ1v) is 6.84. The number of rotatable bonds is 7. The van der Waals surface area contributed by atoms with Gasteiger partial charge in [-0.1, -0.05) is 19.8 Å². The summed E-state index contributed by atoms with van der Waals surface area (Å²) in [5, 5.41) is 11.7. The van der Waals surface area contributed by atoms with Gasteiger partial charge >= 0.3 is 5.97 Å². The molecule has 1 amide bonds. The van der Waals surface area contributed by atoms with Gasteiger partial charge in [-0.05, 0) is 31.4 Å². The maximum Gasteiger partial charge on any atom is 0.326 e. The molecule has 1 aliphatic rings. The molecule has 1 fully saturated rings. The minimum absolute atomic E-state index is 0.291. The first kappa shape index (κ1) is 13.6. The molecule has 1 unspecified atom stereocenters. The molecule has 2 rings (SSSR count). The quantitative estimate of drug-likeness (QED) is 0.793. The molecule has 0 spiro atoms. The molecule has 0 saturated heterocycles. The summed E-state index contributed by atoms with van der Waals surface area (Å²) in [5.41, 5.74) is 0.560. The molecule has 2 N–H and O–H groups in total. The van der Waals surface area contributed by atoms with Crippen molar-refractivity contribution in [3.05, 3.63) is 24.0 Å². The molecule has 0 aromatic carbocycles. The monoisotopic (exact) mass is 264 g/mol. The second kappa shape index (κ2) is 5.91. The van der Waals surface area contributed by atoms with Crippen LogP contribution in [0.25, 0.3) is 0 Å². The molecule has 1 atom stereocenters. The summed E-state index contributed by atoms with van der Waals surface area (Å²) < 4.78 is 1.94. The number of hydrogen-bond donors (Lipinski definition) is 2. The van der Waals surface area contributed by atoms with Gasteiger partial charge in [-0.15, -0.1) is 0 Å². The van der Waals surface area contributed by atoms with Crippen LogP contribution >= 0.6 is 0 Å².